The third-order valence-corrected chi connectivity index (χ3v) is 5.20. The Morgan fingerprint density at radius 1 is 1.25 bits per heavy atom. The van der Waals surface area contributed by atoms with E-state index in [2.05, 4.69) is 23.6 Å². The topological polar surface area (TPSA) is 47.3 Å². The molecule has 108 valence electrons. The van der Waals surface area contributed by atoms with Crippen LogP contribution in [-0.2, 0) is 0 Å². The van der Waals surface area contributed by atoms with Gasteiger partial charge in [0.2, 0.25) is 0 Å². The fourth-order valence-electron chi connectivity index (χ4n) is 2.98. The van der Waals surface area contributed by atoms with E-state index in [0.29, 0.717) is 0 Å². The van der Waals surface area contributed by atoms with Crippen LogP contribution in [0.1, 0.15) is 32.1 Å². The Balaban J connectivity index is 1.76. The van der Waals surface area contributed by atoms with Crippen LogP contribution in [0.5, 0.6) is 5.75 Å². The molecular formula is C16H22N2OS. The highest BCUT2D eigenvalue weighted by atomic mass is 32.2. The van der Waals surface area contributed by atoms with Crippen molar-refractivity contribution in [3.8, 4) is 5.75 Å². The van der Waals surface area contributed by atoms with Crippen molar-refractivity contribution in [2.75, 3.05) is 5.75 Å². The van der Waals surface area contributed by atoms with Crippen LogP contribution in [0.4, 0.5) is 0 Å². The van der Waals surface area contributed by atoms with Gasteiger partial charge in [-0.1, -0.05) is 30.2 Å². The summed E-state index contributed by atoms with van der Waals surface area (Å²) in [6, 6.07) is 8.38. The fraction of sp³-hybridized carbons (Fsp3) is 0.500. The summed E-state index contributed by atoms with van der Waals surface area (Å²) in [5.74, 6) is 7.76. The Morgan fingerprint density at radius 3 is 3.05 bits per heavy atom. The van der Waals surface area contributed by atoms with E-state index in [1.807, 2.05) is 23.9 Å². The summed E-state index contributed by atoms with van der Waals surface area (Å²) in [5, 5.41) is 0. The first-order valence-corrected chi connectivity index (χ1v) is 8.40. The van der Waals surface area contributed by atoms with Crippen molar-refractivity contribution >= 4 is 11.8 Å². The van der Waals surface area contributed by atoms with Gasteiger partial charge in [-0.3, -0.25) is 5.84 Å². The molecule has 0 amide bonds. The smallest absolute Gasteiger partial charge is 0.133 e. The van der Waals surface area contributed by atoms with E-state index in [1.165, 1.54) is 36.2 Å². The third kappa shape index (κ3) is 3.03. The number of allylic oxidation sites excluding steroid dienone is 1. The maximum atomic E-state index is 6.17. The average Bonchev–Trinajstić information content (AvgIpc) is 2.77. The van der Waals surface area contributed by atoms with E-state index >= 15 is 0 Å². The largest absolute Gasteiger partial charge is 0.486 e. The Labute approximate surface area is 124 Å². The van der Waals surface area contributed by atoms with Crippen LogP contribution in [0.15, 0.2) is 40.8 Å². The number of thioether (sulfide) groups is 1. The Morgan fingerprint density at radius 2 is 2.15 bits per heavy atom. The van der Waals surface area contributed by atoms with Crippen LogP contribution >= 0.6 is 11.8 Å². The molecule has 0 bridgehead atoms. The number of hydrogen-bond acceptors (Lipinski definition) is 4. The second kappa shape index (κ2) is 6.66. The Bertz CT molecular complexity index is 489. The van der Waals surface area contributed by atoms with Crippen molar-refractivity contribution in [1.29, 1.82) is 0 Å². The van der Waals surface area contributed by atoms with Crippen molar-refractivity contribution in [3.05, 3.63) is 35.9 Å². The van der Waals surface area contributed by atoms with Crippen molar-refractivity contribution < 1.29 is 4.74 Å². The van der Waals surface area contributed by atoms with Gasteiger partial charge in [-0.05, 0) is 37.8 Å². The van der Waals surface area contributed by atoms with Crippen molar-refractivity contribution in [2.24, 2.45) is 5.84 Å². The van der Waals surface area contributed by atoms with Gasteiger partial charge in [0.15, 0.2) is 0 Å². The lowest BCUT2D eigenvalue weighted by atomic mass is 9.98. The highest BCUT2D eigenvalue weighted by Crippen LogP contribution is 2.37. The van der Waals surface area contributed by atoms with E-state index in [9.17, 15) is 0 Å². The van der Waals surface area contributed by atoms with Crippen LogP contribution in [0.3, 0.4) is 0 Å². The highest BCUT2D eigenvalue weighted by Gasteiger charge is 2.30. The zero-order valence-corrected chi connectivity index (χ0v) is 12.5. The third-order valence-electron chi connectivity index (χ3n) is 4.06. The van der Waals surface area contributed by atoms with Crippen LogP contribution in [-0.4, -0.2) is 17.9 Å². The van der Waals surface area contributed by atoms with Crippen LogP contribution < -0.4 is 16.0 Å². The predicted molar refractivity (Wildman–Crippen MR) is 83.9 cm³/mol. The van der Waals surface area contributed by atoms with Crippen LogP contribution in [0.2, 0.25) is 0 Å². The normalized spacial score (nSPS) is 24.1. The molecule has 1 aromatic carbocycles. The van der Waals surface area contributed by atoms with E-state index in [4.69, 9.17) is 10.6 Å². The van der Waals surface area contributed by atoms with Gasteiger partial charge in [0.1, 0.15) is 11.9 Å². The summed E-state index contributed by atoms with van der Waals surface area (Å²) in [6.07, 6.45) is 8.67. The Kier molecular flexibility index (Phi) is 4.65. The first kappa shape index (κ1) is 14.0. The molecule has 3 N–H and O–H groups in total. The molecule has 20 heavy (non-hydrogen) atoms. The van der Waals surface area contributed by atoms with Crippen LogP contribution in [0, 0.1) is 0 Å². The van der Waals surface area contributed by atoms with E-state index in [-0.39, 0.29) is 12.1 Å². The van der Waals surface area contributed by atoms with Gasteiger partial charge in [0.25, 0.3) is 0 Å². The molecule has 0 aromatic heterocycles. The molecular weight excluding hydrogens is 268 g/mol. The summed E-state index contributed by atoms with van der Waals surface area (Å²) in [6.45, 7) is 0. The van der Waals surface area contributed by atoms with Gasteiger partial charge in [0.05, 0.1) is 6.04 Å². The molecule has 3 nitrogen and oxygen atoms in total. The quantitative estimate of drug-likeness (QED) is 0.509. The van der Waals surface area contributed by atoms with E-state index < -0.39 is 0 Å². The summed E-state index contributed by atoms with van der Waals surface area (Å²) >= 11 is 1.86. The number of nitrogens with one attached hydrogen (secondary N) is 1. The molecule has 3 rings (SSSR count). The number of nitrogens with two attached hydrogens (primary N) is 1. The van der Waals surface area contributed by atoms with Crippen molar-refractivity contribution in [2.45, 2.75) is 49.1 Å². The lowest BCUT2D eigenvalue weighted by Crippen LogP contribution is -2.49. The second-order valence-electron chi connectivity index (χ2n) is 5.44. The first-order valence-electron chi connectivity index (χ1n) is 7.42. The summed E-state index contributed by atoms with van der Waals surface area (Å²) < 4.78 is 6.17. The standard InChI is InChI=1S/C16H22N2OS/c17-18-16(12-7-3-1-2-4-8-12)14-11-20-15-10-6-5-9-13(15)19-14/h5-7,9-10,14,16,18H,1-4,8,11,17H2. The zero-order chi connectivity index (χ0) is 13.8. The van der Waals surface area contributed by atoms with E-state index in [0.717, 1.165) is 17.9 Å². The van der Waals surface area contributed by atoms with Crippen LogP contribution in [0.25, 0.3) is 0 Å². The second-order valence-corrected chi connectivity index (χ2v) is 6.50. The first-order chi connectivity index (χ1) is 9.88. The molecule has 2 unspecified atom stereocenters. The summed E-state index contributed by atoms with van der Waals surface area (Å²) in [4.78, 5) is 1.23. The number of para-hydroxylation sites is 1. The minimum absolute atomic E-state index is 0.115. The predicted octanol–water partition coefficient (Wildman–Crippen LogP) is 3.26. The number of rotatable bonds is 3. The molecule has 0 saturated heterocycles. The van der Waals surface area contributed by atoms with Crippen molar-refractivity contribution in [1.82, 2.24) is 5.43 Å². The molecule has 2 aliphatic rings. The van der Waals surface area contributed by atoms with Gasteiger partial charge in [-0.2, -0.15) is 0 Å². The lowest BCUT2D eigenvalue weighted by molar-refractivity contribution is 0.179. The number of hydrogen-bond donors (Lipinski definition) is 2. The van der Waals surface area contributed by atoms with Crippen molar-refractivity contribution in [3.63, 3.8) is 0 Å². The lowest BCUT2D eigenvalue weighted by Gasteiger charge is -2.32. The summed E-state index contributed by atoms with van der Waals surface area (Å²) in [5.41, 5.74) is 4.42. The van der Waals surface area contributed by atoms with Gasteiger partial charge in [-0.25, -0.2) is 5.43 Å². The molecule has 0 fully saturated rings. The maximum Gasteiger partial charge on any atom is 0.133 e. The molecule has 2 atom stereocenters. The summed E-state index contributed by atoms with van der Waals surface area (Å²) in [7, 11) is 0. The molecule has 0 radical (unpaired) electrons. The minimum Gasteiger partial charge on any atom is -0.486 e. The minimum atomic E-state index is 0.115. The van der Waals surface area contributed by atoms with Gasteiger partial charge in [0, 0.05) is 10.6 Å². The fourth-order valence-corrected chi connectivity index (χ4v) is 4.01. The SMILES string of the molecule is NNC(C1=CCCCCC1)C1CSc2ccccc2O1. The molecule has 1 aliphatic heterocycles. The molecule has 4 heteroatoms. The van der Waals surface area contributed by atoms with Gasteiger partial charge < -0.3 is 4.74 Å². The average molecular weight is 290 g/mol. The monoisotopic (exact) mass is 290 g/mol. The zero-order valence-electron chi connectivity index (χ0n) is 11.7. The van der Waals surface area contributed by atoms with Gasteiger partial charge in [-0.15, -0.1) is 11.8 Å². The number of hydrazine groups is 1. The molecule has 1 aliphatic carbocycles. The maximum absolute atomic E-state index is 6.17. The molecule has 0 saturated carbocycles. The number of ether oxygens (including phenoxy) is 1. The van der Waals surface area contributed by atoms with Gasteiger partial charge >= 0.3 is 0 Å². The highest BCUT2D eigenvalue weighted by molar-refractivity contribution is 7.99. The molecule has 1 aromatic rings. The number of benzene rings is 1. The number of fused-ring (bicyclic) bond motifs is 1. The van der Waals surface area contributed by atoms with E-state index in [1.54, 1.807) is 0 Å². The Hall–Kier alpha value is -0.970. The molecule has 0 spiro atoms. The molecule has 1 heterocycles.